The molecule has 3 aromatic rings. The molecule has 4 rings (SSSR count). The standard InChI is InChI=1S/C23H25N3O2/c27-22(13-19-15-24-21-11-5-4-10-20(19)21)26-12-6-9-18(16-26)23(28)25-14-17-7-2-1-3-8-17/h1-5,7-8,10-11,15,18,24H,6,9,12-14,16H2,(H,25,28)/t18-/m1/s1. The monoisotopic (exact) mass is 375 g/mol. The van der Waals surface area contributed by atoms with Gasteiger partial charge in [0.25, 0.3) is 0 Å². The van der Waals surface area contributed by atoms with Gasteiger partial charge < -0.3 is 15.2 Å². The fourth-order valence-corrected chi connectivity index (χ4v) is 3.90. The maximum atomic E-state index is 12.8. The molecule has 1 aliphatic rings. The van der Waals surface area contributed by atoms with Crippen molar-refractivity contribution in [1.29, 1.82) is 0 Å². The lowest BCUT2D eigenvalue weighted by molar-refractivity contribution is -0.135. The minimum atomic E-state index is -0.135. The van der Waals surface area contributed by atoms with Crippen LogP contribution in [0.1, 0.15) is 24.0 Å². The quantitative estimate of drug-likeness (QED) is 0.719. The van der Waals surface area contributed by atoms with E-state index in [1.165, 1.54) is 0 Å². The molecule has 5 heteroatoms. The summed E-state index contributed by atoms with van der Waals surface area (Å²) in [7, 11) is 0. The zero-order valence-electron chi connectivity index (χ0n) is 15.9. The van der Waals surface area contributed by atoms with Crippen LogP contribution in [0, 0.1) is 5.92 Å². The van der Waals surface area contributed by atoms with Crippen LogP contribution in [0.2, 0.25) is 0 Å². The average molecular weight is 375 g/mol. The second-order valence-electron chi connectivity index (χ2n) is 7.42. The van der Waals surface area contributed by atoms with Gasteiger partial charge in [0.05, 0.1) is 12.3 Å². The van der Waals surface area contributed by atoms with Gasteiger partial charge in [0, 0.05) is 36.7 Å². The SMILES string of the molecule is O=C(NCc1ccccc1)[C@@H]1CCCN(C(=O)Cc2c[nH]c3ccccc23)C1. The van der Waals surface area contributed by atoms with Crippen LogP contribution in [-0.2, 0) is 22.6 Å². The van der Waals surface area contributed by atoms with Crippen molar-refractivity contribution in [3.05, 3.63) is 71.9 Å². The fourth-order valence-electron chi connectivity index (χ4n) is 3.90. The van der Waals surface area contributed by atoms with Crippen molar-refractivity contribution in [3.63, 3.8) is 0 Å². The number of rotatable bonds is 5. The molecular weight excluding hydrogens is 350 g/mol. The molecule has 0 unspecified atom stereocenters. The van der Waals surface area contributed by atoms with Gasteiger partial charge in [0.1, 0.15) is 0 Å². The summed E-state index contributed by atoms with van der Waals surface area (Å²) >= 11 is 0. The van der Waals surface area contributed by atoms with Gasteiger partial charge in [-0.05, 0) is 30.0 Å². The first kappa shape index (κ1) is 18.3. The molecule has 0 saturated carbocycles. The number of hydrogen-bond acceptors (Lipinski definition) is 2. The Morgan fingerprint density at radius 1 is 1.07 bits per heavy atom. The van der Waals surface area contributed by atoms with Gasteiger partial charge in [-0.3, -0.25) is 9.59 Å². The van der Waals surface area contributed by atoms with E-state index in [1.807, 2.05) is 65.7 Å². The minimum absolute atomic E-state index is 0.0356. The van der Waals surface area contributed by atoms with Crippen molar-refractivity contribution in [2.24, 2.45) is 5.92 Å². The van der Waals surface area contributed by atoms with Crippen molar-refractivity contribution in [1.82, 2.24) is 15.2 Å². The third-order valence-electron chi connectivity index (χ3n) is 5.47. The van der Waals surface area contributed by atoms with E-state index in [2.05, 4.69) is 10.3 Å². The summed E-state index contributed by atoms with van der Waals surface area (Å²) < 4.78 is 0. The third-order valence-corrected chi connectivity index (χ3v) is 5.47. The molecular formula is C23H25N3O2. The number of aromatic nitrogens is 1. The Balaban J connectivity index is 1.35. The van der Waals surface area contributed by atoms with E-state index < -0.39 is 0 Å². The molecule has 1 aliphatic heterocycles. The second kappa shape index (κ2) is 8.30. The molecule has 144 valence electrons. The van der Waals surface area contributed by atoms with Gasteiger partial charge in [-0.2, -0.15) is 0 Å². The van der Waals surface area contributed by atoms with Gasteiger partial charge in [0.15, 0.2) is 0 Å². The van der Waals surface area contributed by atoms with Crippen molar-refractivity contribution in [2.75, 3.05) is 13.1 Å². The van der Waals surface area contributed by atoms with Crippen LogP contribution in [0.5, 0.6) is 0 Å². The highest BCUT2D eigenvalue weighted by Gasteiger charge is 2.28. The number of amides is 2. The summed E-state index contributed by atoms with van der Waals surface area (Å²) in [6, 6.07) is 17.9. The van der Waals surface area contributed by atoms with E-state index in [-0.39, 0.29) is 17.7 Å². The maximum Gasteiger partial charge on any atom is 0.227 e. The number of piperidine rings is 1. The lowest BCUT2D eigenvalue weighted by atomic mass is 9.96. The van der Waals surface area contributed by atoms with Gasteiger partial charge in [-0.25, -0.2) is 0 Å². The largest absolute Gasteiger partial charge is 0.361 e. The average Bonchev–Trinajstić information content (AvgIpc) is 3.16. The number of para-hydroxylation sites is 1. The highest BCUT2D eigenvalue weighted by molar-refractivity contribution is 5.89. The number of nitrogens with zero attached hydrogens (tertiary/aromatic N) is 1. The molecule has 5 nitrogen and oxygen atoms in total. The number of carbonyl (C=O) groups is 2. The van der Waals surface area contributed by atoms with Crippen molar-refractivity contribution >= 4 is 22.7 Å². The Bertz CT molecular complexity index is 964. The molecule has 28 heavy (non-hydrogen) atoms. The summed E-state index contributed by atoms with van der Waals surface area (Å²) in [6.45, 7) is 1.75. The van der Waals surface area contributed by atoms with E-state index in [0.717, 1.165) is 41.4 Å². The Hall–Kier alpha value is -3.08. The van der Waals surface area contributed by atoms with Crippen LogP contribution in [0.15, 0.2) is 60.8 Å². The van der Waals surface area contributed by atoms with Gasteiger partial charge in [-0.15, -0.1) is 0 Å². The first-order valence-corrected chi connectivity index (χ1v) is 9.85. The molecule has 2 heterocycles. The maximum absolute atomic E-state index is 12.8. The summed E-state index contributed by atoms with van der Waals surface area (Å²) in [6.07, 6.45) is 3.97. The van der Waals surface area contributed by atoms with E-state index >= 15 is 0 Å². The van der Waals surface area contributed by atoms with Crippen LogP contribution in [0.3, 0.4) is 0 Å². The zero-order valence-corrected chi connectivity index (χ0v) is 15.9. The Kier molecular flexibility index (Phi) is 5.42. The molecule has 0 bridgehead atoms. The van der Waals surface area contributed by atoms with Crippen molar-refractivity contribution in [2.45, 2.75) is 25.8 Å². The van der Waals surface area contributed by atoms with Crippen LogP contribution >= 0.6 is 0 Å². The van der Waals surface area contributed by atoms with Crippen LogP contribution < -0.4 is 5.32 Å². The lowest BCUT2D eigenvalue weighted by Crippen LogP contribution is -2.45. The van der Waals surface area contributed by atoms with Gasteiger partial charge >= 0.3 is 0 Å². The lowest BCUT2D eigenvalue weighted by Gasteiger charge is -2.32. The van der Waals surface area contributed by atoms with Gasteiger partial charge in [0.2, 0.25) is 11.8 Å². The van der Waals surface area contributed by atoms with Crippen molar-refractivity contribution < 1.29 is 9.59 Å². The van der Waals surface area contributed by atoms with E-state index in [0.29, 0.717) is 19.5 Å². The van der Waals surface area contributed by atoms with Crippen LogP contribution in [-0.4, -0.2) is 34.8 Å². The van der Waals surface area contributed by atoms with E-state index in [9.17, 15) is 9.59 Å². The fraction of sp³-hybridized carbons (Fsp3) is 0.304. The topological polar surface area (TPSA) is 65.2 Å². The normalized spacial score (nSPS) is 16.9. The predicted molar refractivity (Wildman–Crippen MR) is 110 cm³/mol. The van der Waals surface area contributed by atoms with Crippen molar-refractivity contribution in [3.8, 4) is 0 Å². The summed E-state index contributed by atoms with van der Waals surface area (Å²) in [5.41, 5.74) is 3.14. The number of aromatic amines is 1. The molecule has 2 amide bonds. The molecule has 1 aromatic heterocycles. The number of likely N-dealkylation sites (tertiary alicyclic amines) is 1. The highest BCUT2D eigenvalue weighted by atomic mass is 16.2. The summed E-state index contributed by atoms with van der Waals surface area (Å²) in [5, 5.41) is 4.10. The number of H-pyrrole nitrogens is 1. The molecule has 1 fully saturated rings. The summed E-state index contributed by atoms with van der Waals surface area (Å²) in [5.74, 6) is -0.0110. The number of nitrogens with one attached hydrogen (secondary N) is 2. The number of fused-ring (bicyclic) bond motifs is 1. The number of benzene rings is 2. The molecule has 0 aliphatic carbocycles. The number of hydrogen-bond donors (Lipinski definition) is 2. The highest BCUT2D eigenvalue weighted by Crippen LogP contribution is 2.21. The Morgan fingerprint density at radius 2 is 1.86 bits per heavy atom. The van der Waals surface area contributed by atoms with Crippen LogP contribution in [0.25, 0.3) is 10.9 Å². The molecule has 2 aromatic carbocycles. The van der Waals surface area contributed by atoms with Gasteiger partial charge in [-0.1, -0.05) is 48.5 Å². The molecule has 1 atom stereocenters. The summed E-state index contributed by atoms with van der Waals surface area (Å²) in [4.78, 5) is 30.5. The predicted octanol–water partition coefficient (Wildman–Crippen LogP) is 3.27. The number of carbonyl (C=O) groups excluding carboxylic acids is 2. The van der Waals surface area contributed by atoms with Crippen LogP contribution in [0.4, 0.5) is 0 Å². The molecule has 0 spiro atoms. The molecule has 1 saturated heterocycles. The minimum Gasteiger partial charge on any atom is -0.361 e. The molecule has 2 N–H and O–H groups in total. The zero-order chi connectivity index (χ0) is 19.3. The first-order chi connectivity index (χ1) is 13.7. The van der Waals surface area contributed by atoms with E-state index in [4.69, 9.17) is 0 Å². The second-order valence-corrected chi connectivity index (χ2v) is 7.42. The Morgan fingerprint density at radius 3 is 2.71 bits per heavy atom. The first-order valence-electron chi connectivity index (χ1n) is 9.85. The molecule has 0 radical (unpaired) electrons. The third kappa shape index (κ3) is 4.09. The smallest absolute Gasteiger partial charge is 0.227 e. The van der Waals surface area contributed by atoms with E-state index in [1.54, 1.807) is 0 Å². The Labute approximate surface area is 164 Å².